The zero-order chi connectivity index (χ0) is 19.6. The fourth-order valence-corrected chi connectivity index (χ4v) is 4.71. The van der Waals surface area contributed by atoms with Crippen LogP contribution in [0.25, 0.3) is 10.8 Å². The molecule has 2 aromatic heterocycles. The summed E-state index contributed by atoms with van der Waals surface area (Å²) < 4.78 is 11.0. The van der Waals surface area contributed by atoms with Gasteiger partial charge in [0.1, 0.15) is 5.75 Å². The largest absolute Gasteiger partial charge is 0.493 e. The van der Waals surface area contributed by atoms with Gasteiger partial charge in [0.05, 0.1) is 25.0 Å². The summed E-state index contributed by atoms with van der Waals surface area (Å²) in [4.78, 5) is 21.6. The van der Waals surface area contributed by atoms with Crippen molar-refractivity contribution in [2.24, 2.45) is 0 Å². The first-order valence-electron chi connectivity index (χ1n) is 9.97. The average Bonchev–Trinajstić information content (AvgIpc) is 3.49. The molecule has 0 bridgehead atoms. The van der Waals surface area contributed by atoms with Crippen LogP contribution >= 0.6 is 11.3 Å². The highest BCUT2D eigenvalue weighted by Crippen LogP contribution is 2.27. The molecule has 1 aromatic carbocycles. The van der Waals surface area contributed by atoms with E-state index in [1.165, 1.54) is 22.5 Å². The lowest BCUT2D eigenvalue weighted by Gasteiger charge is -2.34. The standard InChI is InChI=1S/C22H23N3O3S/c26-21(13-18-15-29-22(23-18)20-2-1-10-27-20)25-8-6-24(7-9-25)14-16-3-4-19-17(12-16)5-11-28-19/h1-4,10,12,15H,5-9,11,13-14H2. The number of carbonyl (C=O) groups excluding carboxylic acids is 1. The first-order valence-corrected chi connectivity index (χ1v) is 10.9. The Kier molecular flexibility index (Phi) is 5.08. The molecule has 7 heteroatoms. The van der Waals surface area contributed by atoms with E-state index in [2.05, 4.69) is 28.1 Å². The van der Waals surface area contributed by atoms with Crippen molar-refractivity contribution >= 4 is 17.2 Å². The predicted octanol–water partition coefficient (Wildman–Crippen LogP) is 3.22. The zero-order valence-electron chi connectivity index (χ0n) is 16.2. The Morgan fingerprint density at radius 3 is 2.90 bits per heavy atom. The van der Waals surface area contributed by atoms with Gasteiger partial charge in [0.25, 0.3) is 0 Å². The van der Waals surface area contributed by atoms with Crippen molar-refractivity contribution in [2.75, 3.05) is 32.8 Å². The van der Waals surface area contributed by atoms with Gasteiger partial charge in [0.2, 0.25) is 5.91 Å². The number of amides is 1. The second kappa shape index (κ2) is 8.00. The fraction of sp³-hybridized carbons (Fsp3) is 0.364. The summed E-state index contributed by atoms with van der Waals surface area (Å²) in [5.41, 5.74) is 3.45. The molecule has 0 N–H and O–H groups in total. The summed E-state index contributed by atoms with van der Waals surface area (Å²) in [5.74, 6) is 1.93. The van der Waals surface area contributed by atoms with Crippen LogP contribution in [0.15, 0.2) is 46.4 Å². The van der Waals surface area contributed by atoms with Gasteiger partial charge in [-0.15, -0.1) is 11.3 Å². The molecule has 1 amide bonds. The van der Waals surface area contributed by atoms with Gasteiger partial charge in [-0.3, -0.25) is 9.69 Å². The Balaban J connectivity index is 1.13. The number of aromatic nitrogens is 1. The van der Waals surface area contributed by atoms with E-state index >= 15 is 0 Å². The van der Waals surface area contributed by atoms with Crippen molar-refractivity contribution < 1.29 is 13.9 Å². The molecular weight excluding hydrogens is 386 g/mol. The highest BCUT2D eigenvalue weighted by molar-refractivity contribution is 7.13. The highest BCUT2D eigenvalue weighted by atomic mass is 32.1. The second-order valence-corrected chi connectivity index (χ2v) is 8.35. The normalized spacial score (nSPS) is 16.6. The van der Waals surface area contributed by atoms with Gasteiger partial charge < -0.3 is 14.1 Å². The van der Waals surface area contributed by atoms with Crippen LogP contribution in [0.4, 0.5) is 0 Å². The molecule has 1 fully saturated rings. The number of piperazine rings is 1. The number of ether oxygens (including phenoxy) is 1. The molecule has 3 aromatic rings. The molecule has 29 heavy (non-hydrogen) atoms. The Morgan fingerprint density at radius 2 is 2.07 bits per heavy atom. The number of hydrogen-bond acceptors (Lipinski definition) is 6. The number of rotatable bonds is 5. The quantitative estimate of drug-likeness (QED) is 0.648. The molecule has 5 rings (SSSR count). The van der Waals surface area contributed by atoms with Crippen LogP contribution < -0.4 is 4.74 Å². The summed E-state index contributed by atoms with van der Waals surface area (Å²) >= 11 is 1.51. The zero-order valence-corrected chi connectivity index (χ0v) is 17.0. The van der Waals surface area contributed by atoms with Gasteiger partial charge in [-0.05, 0) is 29.3 Å². The number of hydrogen-bond donors (Lipinski definition) is 0. The van der Waals surface area contributed by atoms with Gasteiger partial charge in [-0.2, -0.15) is 0 Å². The van der Waals surface area contributed by atoms with E-state index in [-0.39, 0.29) is 5.91 Å². The van der Waals surface area contributed by atoms with E-state index in [0.717, 1.165) is 68.0 Å². The third kappa shape index (κ3) is 4.06. The van der Waals surface area contributed by atoms with Crippen LogP contribution in [0, 0.1) is 0 Å². The number of nitrogens with zero attached hydrogens (tertiary/aromatic N) is 3. The maximum absolute atomic E-state index is 12.7. The van der Waals surface area contributed by atoms with E-state index in [9.17, 15) is 4.79 Å². The highest BCUT2D eigenvalue weighted by Gasteiger charge is 2.22. The molecule has 150 valence electrons. The van der Waals surface area contributed by atoms with Crippen molar-refractivity contribution in [2.45, 2.75) is 19.4 Å². The molecule has 0 radical (unpaired) electrons. The van der Waals surface area contributed by atoms with Crippen molar-refractivity contribution in [3.8, 4) is 16.5 Å². The lowest BCUT2D eigenvalue weighted by atomic mass is 10.1. The molecular formula is C22H23N3O3S. The van der Waals surface area contributed by atoms with E-state index in [1.807, 2.05) is 22.4 Å². The van der Waals surface area contributed by atoms with Gasteiger partial charge in [0.15, 0.2) is 10.8 Å². The van der Waals surface area contributed by atoms with Crippen LogP contribution in [0.5, 0.6) is 5.75 Å². The molecule has 0 spiro atoms. The SMILES string of the molecule is O=C(Cc1csc(-c2ccco2)n1)N1CCN(Cc2ccc3c(c2)CCO3)CC1. The number of carbonyl (C=O) groups is 1. The van der Waals surface area contributed by atoms with Crippen LogP contribution in [0.1, 0.15) is 16.8 Å². The summed E-state index contributed by atoms with van der Waals surface area (Å²) in [6.07, 6.45) is 2.99. The van der Waals surface area contributed by atoms with Crippen molar-refractivity contribution in [1.29, 1.82) is 0 Å². The Hall–Kier alpha value is -2.64. The Bertz CT molecular complexity index is 991. The predicted molar refractivity (Wildman–Crippen MR) is 111 cm³/mol. The van der Waals surface area contributed by atoms with Crippen molar-refractivity contribution in [3.63, 3.8) is 0 Å². The smallest absolute Gasteiger partial charge is 0.228 e. The second-order valence-electron chi connectivity index (χ2n) is 7.50. The summed E-state index contributed by atoms with van der Waals surface area (Å²) in [6.45, 7) is 5.04. The summed E-state index contributed by atoms with van der Waals surface area (Å²) in [7, 11) is 0. The average molecular weight is 410 g/mol. The van der Waals surface area contributed by atoms with Gasteiger partial charge in [-0.25, -0.2) is 4.98 Å². The van der Waals surface area contributed by atoms with Gasteiger partial charge in [0, 0.05) is 44.5 Å². The molecule has 0 saturated carbocycles. The lowest BCUT2D eigenvalue weighted by Crippen LogP contribution is -2.48. The molecule has 6 nitrogen and oxygen atoms in total. The number of thiazole rings is 1. The Labute approximate surface area is 173 Å². The minimum absolute atomic E-state index is 0.149. The van der Waals surface area contributed by atoms with Crippen LogP contribution in [-0.4, -0.2) is 53.5 Å². The van der Waals surface area contributed by atoms with Gasteiger partial charge in [-0.1, -0.05) is 12.1 Å². The summed E-state index contributed by atoms with van der Waals surface area (Å²) in [6, 6.07) is 10.2. The molecule has 0 aliphatic carbocycles. The lowest BCUT2D eigenvalue weighted by molar-refractivity contribution is -0.132. The first-order chi connectivity index (χ1) is 14.2. The van der Waals surface area contributed by atoms with Crippen molar-refractivity contribution in [1.82, 2.24) is 14.8 Å². The van der Waals surface area contributed by atoms with E-state index in [1.54, 1.807) is 6.26 Å². The van der Waals surface area contributed by atoms with Crippen LogP contribution in [0.2, 0.25) is 0 Å². The third-order valence-electron chi connectivity index (χ3n) is 5.50. The molecule has 0 atom stereocenters. The monoisotopic (exact) mass is 409 g/mol. The molecule has 4 heterocycles. The maximum Gasteiger partial charge on any atom is 0.228 e. The van der Waals surface area contributed by atoms with E-state index < -0.39 is 0 Å². The van der Waals surface area contributed by atoms with E-state index in [4.69, 9.17) is 9.15 Å². The van der Waals surface area contributed by atoms with Crippen molar-refractivity contribution in [3.05, 3.63) is 58.8 Å². The topological polar surface area (TPSA) is 58.8 Å². The molecule has 1 saturated heterocycles. The minimum atomic E-state index is 0.149. The summed E-state index contributed by atoms with van der Waals surface area (Å²) in [5, 5.41) is 2.77. The minimum Gasteiger partial charge on any atom is -0.493 e. The number of furan rings is 1. The van der Waals surface area contributed by atoms with Crippen LogP contribution in [0.3, 0.4) is 0 Å². The molecule has 2 aliphatic rings. The number of fused-ring (bicyclic) bond motifs is 1. The maximum atomic E-state index is 12.7. The van der Waals surface area contributed by atoms with Gasteiger partial charge >= 0.3 is 0 Å². The fourth-order valence-electron chi connectivity index (χ4n) is 3.92. The molecule has 0 unspecified atom stereocenters. The Morgan fingerprint density at radius 1 is 1.17 bits per heavy atom. The first kappa shape index (κ1) is 18.4. The van der Waals surface area contributed by atoms with Crippen LogP contribution in [-0.2, 0) is 24.2 Å². The van der Waals surface area contributed by atoms with E-state index in [0.29, 0.717) is 6.42 Å². The third-order valence-corrected chi connectivity index (χ3v) is 6.41. The molecule has 2 aliphatic heterocycles. The number of benzene rings is 1.